The van der Waals surface area contributed by atoms with Crippen LogP contribution in [0.15, 0.2) is 29.0 Å². The lowest BCUT2D eigenvalue weighted by atomic mass is 10.1. The molecule has 0 fully saturated rings. The molecule has 4 nitrogen and oxygen atoms in total. The molecule has 2 aromatic heterocycles. The molecule has 5 heteroatoms. The Kier molecular flexibility index (Phi) is 4.09. The molecular weight excluding hydrogens is 252 g/mol. The van der Waals surface area contributed by atoms with E-state index < -0.39 is 6.10 Å². The Balaban J connectivity index is 2.08. The van der Waals surface area contributed by atoms with Crippen LogP contribution in [0.1, 0.15) is 43.9 Å². The van der Waals surface area contributed by atoms with Gasteiger partial charge in [-0.05, 0) is 32.4 Å². The zero-order chi connectivity index (χ0) is 13.1. The van der Waals surface area contributed by atoms with Crippen LogP contribution in [0.5, 0.6) is 0 Å². The molecule has 0 spiro atoms. The van der Waals surface area contributed by atoms with Gasteiger partial charge in [-0.1, -0.05) is 11.6 Å². The Morgan fingerprint density at radius 1 is 1.50 bits per heavy atom. The zero-order valence-electron chi connectivity index (χ0n) is 10.5. The quantitative estimate of drug-likeness (QED) is 0.904. The second-order valence-electron chi connectivity index (χ2n) is 4.55. The highest BCUT2D eigenvalue weighted by Crippen LogP contribution is 2.28. The van der Waals surface area contributed by atoms with Crippen molar-refractivity contribution in [3.63, 3.8) is 0 Å². The molecule has 2 aromatic rings. The number of furan rings is 1. The van der Waals surface area contributed by atoms with E-state index in [2.05, 4.69) is 5.10 Å². The van der Waals surface area contributed by atoms with Crippen LogP contribution in [0.25, 0.3) is 0 Å². The summed E-state index contributed by atoms with van der Waals surface area (Å²) in [5.41, 5.74) is 0.679. The van der Waals surface area contributed by atoms with Crippen LogP contribution in [-0.2, 0) is 6.42 Å². The first-order valence-corrected chi connectivity index (χ1v) is 6.40. The van der Waals surface area contributed by atoms with Gasteiger partial charge in [0, 0.05) is 12.5 Å². The predicted molar refractivity (Wildman–Crippen MR) is 69.6 cm³/mol. The van der Waals surface area contributed by atoms with Crippen molar-refractivity contribution in [1.82, 2.24) is 9.78 Å². The van der Waals surface area contributed by atoms with Crippen molar-refractivity contribution in [3.05, 3.63) is 41.1 Å². The number of hydrogen-bond acceptors (Lipinski definition) is 3. The summed E-state index contributed by atoms with van der Waals surface area (Å²) in [5, 5.41) is 14.9. The molecule has 1 N–H and O–H groups in total. The van der Waals surface area contributed by atoms with Crippen molar-refractivity contribution in [3.8, 4) is 0 Å². The van der Waals surface area contributed by atoms with Crippen LogP contribution < -0.4 is 0 Å². The Bertz CT molecular complexity index is 491. The fourth-order valence-corrected chi connectivity index (χ4v) is 2.20. The van der Waals surface area contributed by atoms with Gasteiger partial charge in [-0.3, -0.25) is 4.68 Å². The summed E-state index contributed by atoms with van der Waals surface area (Å²) in [6, 6.07) is 3.91. The van der Waals surface area contributed by atoms with Gasteiger partial charge in [-0.25, -0.2) is 0 Å². The molecule has 98 valence electrons. The molecule has 0 aliphatic heterocycles. The standard InChI is InChI=1S/C13H17ClN2O2/c1-9(2)16-13(11(14)8-15-16)12(17)6-5-10-4-3-7-18-10/h3-4,7-9,12,17H,5-6H2,1-2H3. The molecule has 2 heterocycles. The van der Waals surface area contributed by atoms with Gasteiger partial charge in [0.1, 0.15) is 5.76 Å². The minimum Gasteiger partial charge on any atom is -0.469 e. The summed E-state index contributed by atoms with van der Waals surface area (Å²) in [5.74, 6) is 0.862. The Morgan fingerprint density at radius 2 is 2.28 bits per heavy atom. The normalized spacial score (nSPS) is 13.2. The summed E-state index contributed by atoms with van der Waals surface area (Å²) in [6.45, 7) is 4.01. The van der Waals surface area contributed by atoms with Crippen LogP contribution in [-0.4, -0.2) is 14.9 Å². The number of aliphatic hydroxyl groups is 1. The molecular formula is C13H17ClN2O2. The average Bonchev–Trinajstić information content (AvgIpc) is 2.94. The van der Waals surface area contributed by atoms with Crippen LogP contribution in [0.4, 0.5) is 0 Å². The molecule has 1 unspecified atom stereocenters. The fraction of sp³-hybridized carbons (Fsp3) is 0.462. The lowest BCUT2D eigenvalue weighted by molar-refractivity contribution is 0.152. The Morgan fingerprint density at radius 3 is 2.89 bits per heavy atom. The van der Waals surface area contributed by atoms with E-state index in [1.165, 1.54) is 0 Å². The third-order valence-corrected chi connectivity index (χ3v) is 3.13. The van der Waals surface area contributed by atoms with E-state index in [1.807, 2.05) is 26.0 Å². The Labute approximate surface area is 111 Å². The maximum atomic E-state index is 10.2. The molecule has 0 bridgehead atoms. The van der Waals surface area contributed by atoms with E-state index >= 15 is 0 Å². The molecule has 2 rings (SSSR count). The minimum atomic E-state index is -0.632. The summed E-state index contributed by atoms with van der Waals surface area (Å²) in [4.78, 5) is 0. The molecule has 0 saturated heterocycles. The van der Waals surface area contributed by atoms with Crippen molar-refractivity contribution in [2.24, 2.45) is 0 Å². The van der Waals surface area contributed by atoms with Gasteiger partial charge in [0.25, 0.3) is 0 Å². The number of aromatic nitrogens is 2. The van der Waals surface area contributed by atoms with E-state index in [0.717, 1.165) is 5.76 Å². The van der Waals surface area contributed by atoms with Crippen molar-refractivity contribution < 1.29 is 9.52 Å². The van der Waals surface area contributed by atoms with Gasteiger partial charge in [0.05, 0.1) is 29.3 Å². The lowest BCUT2D eigenvalue weighted by Crippen LogP contribution is -2.12. The summed E-state index contributed by atoms with van der Waals surface area (Å²) in [7, 11) is 0. The van der Waals surface area contributed by atoms with Crippen LogP contribution >= 0.6 is 11.6 Å². The third kappa shape index (κ3) is 2.76. The van der Waals surface area contributed by atoms with Gasteiger partial charge < -0.3 is 9.52 Å². The predicted octanol–water partition coefficient (Wildman–Crippen LogP) is 3.38. The molecule has 0 aromatic carbocycles. The Hall–Kier alpha value is -1.26. The first-order chi connectivity index (χ1) is 8.59. The van der Waals surface area contributed by atoms with Gasteiger partial charge in [-0.15, -0.1) is 0 Å². The molecule has 0 radical (unpaired) electrons. The number of aliphatic hydroxyl groups excluding tert-OH is 1. The zero-order valence-corrected chi connectivity index (χ0v) is 11.3. The van der Waals surface area contributed by atoms with E-state index in [1.54, 1.807) is 17.1 Å². The number of aryl methyl sites for hydroxylation is 1. The average molecular weight is 269 g/mol. The van der Waals surface area contributed by atoms with Gasteiger partial charge >= 0.3 is 0 Å². The van der Waals surface area contributed by atoms with Crippen molar-refractivity contribution in [2.45, 2.75) is 38.8 Å². The topological polar surface area (TPSA) is 51.2 Å². The van der Waals surface area contributed by atoms with E-state index in [0.29, 0.717) is 23.6 Å². The highest BCUT2D eigenvalue weighted by atomic mass is 35.5. The summed E-state index contributed by atoms with van der Waals surface area (Å²) >= 11 is 6.08. The second kappa shape index (κ2) is 5.59. The molecule has 0 amide bonds. The molecule has 0 saturated carbocycles. The number of rotatable bonds is 5. The van der Waals surface area contributed by atoms with E-state index in [9.17, 15) is 5.11 Å². The fourth-order valence-electron chi connectivity index (χ4n) is 1.94. The first-order valence-electron chi connectivity index (χ1n) is 6.03. The van der Waals surface area contributed by atoms with Crippen LogP contribution in [0.3, 0.4) is 0 Å². The van der Waals surface area contributed by atoms with Crippen LogP contribution in [0.2, 0.25) is 5.02 Å². The van der Waals surface area contributed by atoms with Gasteiger partial charge in [0.2, 0.25) is 0 Å². The maximum absolute atomic E-state index is 10.2. The highest BCUT2D eigenvalue weighted by molar-refractivity contribution is 6.31. The lowest BCUT2D eigenvalue weighted by Gasteiger charge is -2.16. The number of hydrogen-bond donors (Lipinski definition) is 1. The second-order valence-corrected chi connectivity index (χ2v) is 4.96. The highest BCUT2D eigenvalue weighted by Gasteiger charge is 2.19. The molecule has 0 aliphatic rings. The smallest absolute Gasteiger partial charge is 0.103 e. The van der Waals surface area contributed by atoms with Gasteiger partial charge in [-0.2, -0.15) is 5.10 Å². The van der Waals surface area contributed by atoms with E-state index in [4.69, 9.17) is 16.0 Å². The maximum Gasteiger partial charge on any atom is 0.103 e. The minimum absolute atomic E-state index is 0.172. The molecule has 18 heavy (non-hydrogen) atoms. The first kappa shape index (κ1) is 13.2. The van der Waals surface area contributed by atoms with Gasteiger partial charge in [0.15, 0.2) is 0 Å². The summed E-state index contributed by atoms with van der Waals surface area (Å²) in [6.07, 6.45) is 3.81. The number of halogens is 1. The number of nitrogens with zero attached hydrogens (tertiary/aromatic N) is 2. The van der Waals surface area contributed by atoms with Crippen LogP contribution in [0, 0.1) is 0 Å². The third-order valence-electron chi connectivity index (χ3n) is 2.84. The largest absolute Gasteiger partial charge is 0.469 e. The van der Waals surface area contributed by atoms with Crippen molar-refractivity contribution in [1.29, 1.82) is 0 Å². The van der Waals surface area contributed by atoms with Crippen molar-refractivity contribution >= 4 is 11.6 Å². The van der Waals surface area contributed by atoms with E-state index in [-0.39, 0.29) is 6.04 Å². The molecule has 1 atom stereocenters. The molecule has 0 aliphatic carbocycles. The SMILES string of the molecule is CC(C)n1ncc(Cl)c1C(O)CCc1ccco1. The monoisotopic (exact) mass is 268 g/mol. The summed E-state index contributed by atoms with van der Waals surface area (Å²) < 4.78 is 7.00. The van der Waals surface area contributed by atoms with Crippen molar-refractivity contribution in [2.75, 3.05) is 0 Å².